The number of para-hydroxylation sites is 1. The fraction of sp³-hybridized carbons (Fsp3) is 0.0833. The molecule has 0 aliphatic rings. The summed E-state index contributed by atoms with van der Waals surface area (Å²) in [6.45, 7) is 1.98. The number of hydrazone groups is 1. The predicted octanol–water partition coefficient (Wildman–Crippen LogP) is 3.44. The highest BCUT2D eigenvalue weighted by Gasteiger charge is 2.20. The summed E-state index contributed by atoms with van der Waals surface area (Å²) in [6.07, 6.45) is 6.62. The van der Waals surface area contributed by atoms with Crippen LogP contribution in [-0.4, -0.2) is 33.8 Å². The van der Waals surface area contributed by atoms with Gasteiger partial charge in [-0.05, 0) is 48.9 Å². The van der Waals surface area contributed by atoms with Gasteiger partial charge in [-0.25, -0.2) is 5.43 Å². The van der Waals surface area contributed by atoms with Crippen molar-refractivity contribution >= 4 is 29.1 Å². The SMILES string of the molecule is Cc1c(/C=N/NC(=O)CNc2ccccc2)c2ccccn2c1C(=O)c1ccncc1. The van der Waals surface area contributed by atoms with Gasteiger partial charge in [-0.1, -0.05) is 24.3 Å². The monoisotopic (exact) mass is 411 g/mol. The summed E-state index contributed by atoms with van der Waals surface area (Å²) in [5.41, 5.74) is 6.89. The first-order chi connectivity index (χ1) is 15.1. The second-order valence-electron chi connectivity index (χ2n) is 6.92. The van der Waals surface area contributed by atoms with Crippen molar-refractivity contribution in [2.45, 2.75) is 6.92 Å². The first-order valence-electron chi connectivity index (χ1n) is 9.80. The van der Waals surface area contributed by atoms with Gasteiger partial charge < -0.3 is 9.72 Å². The molecule has 4 aromatic rings. The molecular formula is C24H21N5O2. The molecule has 3 aromatic heterocycles. The third kappa shape index (κ3) is 4.35. The molecule has 7 nitrogen and oxygen atoms in total. The molecule has 4 rings (SSSR count). The number of anilines is 1. The van der Waals surface area contributed by atoms with Crippen LogP contribution in [0.4, 0.5) is 5.69 Å². The zero-order chi connectivity index (χ0) is 21.6. The van der Waals surface area contributed by atoms with Crippen LogP contribution < -0.4 is 10.7 Å². The number of aromatic nitrogens is 2. The first kappa shape index (κ1) is 20.0. The minimum atomic E-state index is -0.269. The minimum absolute atomic E-state index is 0.0998. The Bertz CT molecular complexity index is 1250. The molecule has 0 unspecified atom stereocenters. The molecule has 0 aliphatic carbocycles. The number of hydrogen-bond acceptors (Lipinski definition) is 5. The maximum Gasteiger partial charge on any atom is 0.259 e. The van der Waals surface area contributed by atoms with Gasteiger partial charge in [-0.3, -0.25) is 14.6 Å². The molecule has 1 amide bonds. The molecule has 0 saturated carbocycles. The van der Waals surface area contributed by atoms with Crippen LogP contribution >= 0.6 is 0 Å². The molecule has 1 aromatic carbocycles. The molecule has 2 N–H and O–H groups in total. The second kappa shape index (κ2) is 9.04. The zero-order valence-corrected chi connectivity index (χ0v) is 16.9. The van der Waals surface area contributed by atoms with Crippen LogP contribution in [-0.2, 0) is 4.79 Å². The minimum Gasteiger partial charge on any atom is -0.376 e. The quantitative estimate of drug-likeness (QED) is 0.277. The molecule has 154 valence electrons. The van der Waals surface area contributed by atoms with Gasteiger partial charge in [0.1, 0.15) is 0 Å². The van der Waals surface area contributed by atoms with Crippen molar-refractivity contribution < 1.29 is 9.59 Å². The number of fused-ring (bicyclic) bond motifs is 1. The Labute approximate surface area is 179 Å². The van der Waals surface area contributed by atoms with Crippen LogP contribution in [0.3, 0.4) is 0 Å². The van der Waals surface area contributed by atoms with Crippen molar-refractivity contribution in [1.82, 2.24) is 14.8 Å². The summed E-state index contributed by atoms with van der Waals surface area (Å²) in [7, 11) is 0. The molecule has 0 spiro atoms. The average Bonchev–Trinajstić information content (AvgIpc) is 3.10. The summed E-state index contributed by atoms with van der Waals surface area (Å²) < 4.78 is 1.85. The van der Waals surface area contributed by atoms with E-state index in [-0.39, 0.29) is 18.2 Å². The normalized spacial score (nSPS) is 11.0. The number of carbonyl (C=O) groups is 2. The summed E-state index contributed by atoms with van der Waals surface area (Å²) in [6, 6.07) is 18.5. The number of carbonyl (C=O) groups excluding carboxylic acids is 2. The molecule has 0 fully saturated rings. The molecular weight excluding hydrogens is 390 g/mol. The molecule has 7 heteroatoms. The summed E-state index contributed by atoms with van der Waals surface area (Å²) in [5.74, 6) is -0.369. The number of ketones is 1. The van der Waals surface area contributed by atoms with Crippen LogP contribution in [0.2, 0.25) is 0 Å². The van der Waals surface area contributed by atoms with E-state index in [4.69, 9.17) is 0 Å². The van der Waals surface area contributed by atoms with Gasteiger partial charge in [0, 0.05) is 35.4 Å². The first-order valence-corrected chi connectivity index (χ1v) is 9.80. The zero-order valence-electron chi connectivity index (χ0n) is 16.9. The van der Waals surface area contributed by atoms with Gasteiger partial charge >= 0.3 is 0 Å². The predicted molar refractivity (Wildman–Crippen MR) is 120 cm³/mol. The van der Waals surface area contributed by atoms with Crippen LogP contribution in [0, 0.1) is 6.92 Å². The third-order valence-electron chi connectivity index (χ3n) is 4.90. The van der Waals surface area contributed by atoms with Gasteiger partial charge in [0.15, 0.2) is 0 Å². The van der Waals surface area contributed by atoms with Crippen molar-refractivity contribution in [3.63, 3.8) is 0 Å². The topological polar surface area (TPSA) is 87.9 Å². The molecule has 0 radical (unpaired) electrons. The molecule has 0 bridgehead atoms. The van der Waals surface area contributed by atoms with E-state index in [0.717, 1.165) is 22.3 Å². The molecule has 0 atom stereocenters. The standard InChI is InChI=1S/C24H21N5O2/c1-17-20(15-27-28-22(30)16-26-19-7-3-2-4-8-19)21-9-5-6-14-29(21)23(17)24(31)18-10-12-25-13-11-18/h2-15,26H,16H2,1H3,(H,28,30)/b27-15+. The van der Waals surface area contributed by atoms with Crippen molar-refractivity contribution in [2.75, 3.05) is 11.9 Å². The number of benzene rings is 1. The highest BCUT2D eigenvalue weighted by Crippen LogP contribution is 2.24. The molecule has 0 saturated heterocycles. The Kier molecular flexibility index (Phi) is 5.84. The van der Waals surface area contributed by atoms with E-state index in [0.29, 0.717) is 11.3 Å². The lowest BCUT2D eigenvalue weighted by atomic mass is 10.1. The summed E-state index contributed by atoms with van der Waals surface area (Å²) in [5, 5.41) is 7.14. The number of amides is 1. The third-order valence-corrected chi connectivity index (χ3v) is 4.90. The van der Waals surface area contributed by atoms with E-state index in [1.54, 1.807) is 30.7 Å². The van der Waals surface area contributed by atoms with E-state index in [1.165, 1.54) is 0 Å². The lowest BCUT2D eigenvalue weighted by molar-refractivity contribution is -0.119. The largest absolute Gasteiger partial charge is 0.376 e. The van der Waals surface area contributed by atoms with E-state index in [2.05, 4.69) is 20.8 Å². The van der Waals surface area contributed by atoms with Crippen LogP contribution in [0.25, 0.3) is 5.52 Å². The van der Waals surface area contributed by atoms with Crippen LogP contribution in [0.5, 0.6) is 0 Å². The van der Waals surface area contributed by atoms with Crippen molar-refractivity contribution in [2.24, 2.45) is 5.10 Å². The second-order valence-corrected chi connectivity index (χ2v) is 6.92. The van der Waals surface area contributed by atoms with Gasteiger partial charge in [0.05, 0.1) is 24.0 Å². The van der Waals surface area contributed by atoms with E-state index < -0.39 is 0 Å². The Balaban J connectivity index is 1.55. The van der Waals surface area contributed by atoms with E-state index in [9.17, 15) is 9.59 Å². The fourth-order valence-electron chi connectivity index (χ4n) is 3.39. The van der Waals surface area contributed by atoms with Crippen molar-refractivity contribution in [3.8, 4) is 0 Å². The fourth-order valence-corrected chi connectivity index (χ4v) is 3.39. The average molecular weight is 411 g/mol. The van der Waals surface area contributed by atoms with Crippen LogP contribution in [0.15, 0.2) is 84.4 Å². The summed E-state index contributed by atoms with van der Waals surface area (Å²) in [4.78, 5) is 29.2. The van der Waals surface area contributed by atoms with E-state index >= 15 is 0 Å². The van der Waals surface area contributed by atoms with Gasteiger partial charge in [0.2, 0.25) is 5.78 Å². The van der Waals surface area contributed by atoms with Gasteiger partial charge in [-0.2, -0.15) is 5.10 Å². The lowest BCUT2D eigenvalue weighted by Crippen LogP contribution is -2.25. The Morgan fingerprint density at radius 3 is 2.55 bits per heavy atom. The summed E-state index contributed by atoms with van der Waals surface area (Å²) >= 11 is 0. The molecule has 0 aliphatic heterocycles. The lowest BCUT2D eigenvalue weighted by Gasteiger charge is -2.04. The number of nitrogens with one attached hydrogen (secondary N) is 2. The maximum atomic E-state index is 13.1. The molecule has 31 heavy (non-hydrogen) atoms. The number of pyridine rings is 2. The van der Waals surface area contributed by atoms with Gasteiger partial charge in [-0.15, -0.1) is 0 Å². The smallest absolute Gasteiger partial charge is 0.259 e. The van der Waals surface area contributed by atoms with E-state index in [1.807, 2.05) is 66.1 Å². The van der Waals surface area contributed by atoms with Gasteiger partial charge in [0.25, 0.3) is 5.91 Å². The van der Waals surface area contributed by atoms with Crippen LogP contribution in [0.1, 0.15) is 27.2 Å². The Hall–Kier alpha value is -4.26. The highest BCUT2D eigenvalue weighted by atomic mass is 16.2. The molecule has 3 heterocycles. The number of hydrogen-bond donors (Lipinski definition) is 2. The number of rotatable bonds is 7. The Morgan fingerprint density at radius 1 is 1.03 bits per heavy atom. The van der Waals surface area contributed by atoms with Crippen molar-refractivity contribution in [1.29, 1.82) is 0 Å². The maximum absolute atomic E-state index is 13.1. The highest BCUT2D eigenvalue weighted by molar-refractivity contribution is 6.11. The number of nitrogens with zero attached hydrogens (tertiary/aromatic N) is 3. The Morgan fingerprint density at radius 2 is 1.77 bits per heavy atom. The van der Waals surface area contributed by atoms with Crippen molar-refractivity contribution in [3.05, 3.63) is 102 Å².